The van der Waals surface area contributed by atoms with Gasteiger partial charge < -0.3 is 19.4 Å². The molecule has 0 bridgehead atoms. The van der Waals surface area contributed by atoms with Gasteiger partial charge in [-0.3, -0.25) is 9.69 Å². The summed E-state index contributed by atoms with van der Waals surface area (Å²) >= 11 is 0. The van der Waals surface area contributed by atoms with E-state index in [1.165, 1.54) is 5.56 Å². The first-order valence-corrected chi connectivity index (χ1v) is 11.1. The number of ether oxygens (including phenoxy) is 2. The highest BCUT2D eigenvalue weighted by atomic mass is 16.5. The van der Waals surface area contributed by atoms with Crippen molar-refractivity contribution >= 4 is 5.91 Å². The third-order valence-corrected chi connectivity index (χ3v) is 6.81. The van der Waals surface area contributed by atoms with Crippen molar-refractivity contribution in [2.75, 3.05) is 39.5 Å². The summed E-state index contributed by atoms with van der Waals surface area (Å²) in [6.45, 7) is 5.47. The smallest absolute Gasteiger partial charge is 0.224 e. The fraction of sp³-hybridized carbons (Fsp3) is 0.565. The van der Waals surface area contributed by atoms with Crippen LogP contribution < -0.4 is 10.1 Å². The SMILES string of the molecule is O=C(NCCn1ccnc1)[C@@H]1CN(CC2CCOCC2)[C@H]2c3ccccc3OC[C@@H]12. The van der Waals surface area contributed by atoms with Gasteiger partial charge in [0, 0.05) is 69.3 Å². The highest BCUT2D eigenvalue weighted by molar-refractivity contribution is 5.80. The van der Waals surface area contributed by atoms with Crippen LogP contribution in [0.4, 0.5) is 0 Å². The van der Waals surface area contributed by atoms with E-state index in [0.29, 0.717) is 19.1 Å². The first-order valence-electron chi connectivity index (χ1n) is 11.1. The van der Waals surface area contributed by atoms with E-state index in [4.69, 9.17) is 9.47 Å². The summed E-state index contributed by atoms with van der Waals surface area (Å²) in [5, 5.41) is 3.15. The maximum Gasteiger partial charge on any atom is 0.224 e. The number of aromatic nitrogens is 2. The molecule has 7 nitrogen and oxygen atoms in total. The Labute approximate surface area is 177 Å². The zero-order valence-electron chi connectivity index (χ0n) is 17.3. The molecule has 3 aliphatic rings. The van der Waals surface area contributed by atoms with Crippen molar-refractivity contribution in [3.8, 4) is 5.75 Å². The second-order valence-electron chi connectivity index (χ2n) is 8.67. The van der Waals surface area contributed by atoms with Crippen molar-refractivity contribution in [3.05, 3.63) is 48.5 Å². The van der Waals surface area contributed by atoms with Gasteiger partial charge in [0.2, 0.25) is 5.91 Å². The first kappa shape index (κ1) is 19.6. The molecule has 3 aliphatic heterocycles. The van der Waals surface area contributed by atoms with E-state index in [1.807, 2.05) is 16.8 Å². The Morgan fingerprint density at radius 2 is 2.10 bits per heavy atom. The van der Waals surface area contributed by atoms with Crippen LogP contribution in [0.15, 0.2) is 43.0 Å². The molecule has 0 unspecified atom stereocenters. The second-order valence-corrected chi connectivity index (χ2v) is 8.67. The minimum absolute atomic E-state index is 0.0500. The molecule has 1 aromatic heterocycles. The van der Waals surface area contributed by atoms with E-state index in [-0.39, 0.29) is 23.8 Å². The van der Waals surface area contributed by atoms with Gasteiger partial charge in [0.1, 0.15) is 5.75 Å². The Morgan fingerprint density at radius 3 is 2.93 bits per heavy atom. The summed E-state index contributed by atoms with van der Waals surface area (Å²) in [7, 11) is 0. The molecule has 5 rings (SSSR count). The Morgan fingerprint density at radius 1 is 1.23 bits per heavy atom. The summed E-state index contributed by atoms with van der Waals surface area (Å²) < 4.78 is 13.6. The molecular weight excluding hydrogens is 380 g/mol. The molecule has 2 fully saturated rings. The summed E-state index contributed by atoms with van der Waals surface area (Å²) in [6.07, 6.45) is 7.66. The summed E-state index contributed by atoms with van der Waals surface area (Å²) in [6, 6.07) is 8.58. The first-order chi connectivity index (χ1) is 14.8. The molecule has 2 aromatic rings. The van der Waals surface area contributed by atoms with Gasteiger partial charge in [0.25, 0.3) is 0 Å². The number of para-hydroxylation sites is 1. The highest BCUT2D eigenvalue weighted by Gasteiger charge is 2.49. The largest absolute Gasteiger partial charge is 0.493 e. The van der Waals surface area contributed by atoms with Crippen molar-refractivity contribution in [1.29, 1.82) is 0 Å². The lowest BCUT2D eigenvalue weighted by molar-refractivity contribution is -0.126. The van der Waals surface area contributed by atoms with Gasteiger partial charge in [0.15, 0.2) is 0 Å². The quantitative estimate of drug-likeness (QED) is 0.790. The Balaban J connectivity index is 1.31. The van der Waals surface area contributed by atoms with Crippen LogP contribution in [0.5, 0.6) is 5.75 Å². The van der Waals surface area contributed by atoms with Crippen molar-refractivity contribution in [3.63, 3.8) is 0 Å². The lowest BCUT2D eigenvalue weighted by Gasteiger charge is -2.36. The Kier molecular flexibility index (Phi) is 5.73. The predicted molar refractivity (Wildman–Crippen MR) is 112 cm³/mol. The number of rotatable bonds is 6. The summed E-state index contributed by atoms with van der Waals surface area (Å²) in [5.41, 5.74) is 1.23. The molecule has 0 saturated carbocycles. The number of hydrogen-bond acceptors (Lipinski definition) is 5. The molecule has 1 aromatic carbocycles. The van der Waals surface area contributed by atoms with Gasteiger partial charge >= 0.3 is 0 Å². The lowest BCUT2D eigenvalue weighted by atomic mass is 9.84. The molecule has 160 valence electrons. The van der Waals surface area contributed by atoms with E-state index in [2.05, 4.69) is 33.4 Å². The van der Waals surface area contributed by atoms with Crippen LogP contribution in [0.3, 0.4) is 0 Å². The minimum Gasteiger partial charge on any atom is -0.493 e. The number of carbonyl (C=O) groups excluding carboxylic acids is 1. The van der Waals surface area contributed by atoms with E-state index >= 15 is 0 Å². The van der Waals surface area contributed by atoms with Crippen LogP contribution in [0.1, 0.15) is 24.4 Å². The number of imidazole rings is 1. The minimum atomic E-state index is -0.0500. The lowest BCUT2D eigenvalue weighted by Crippen LogP contribution is -2.39. The number of hydrogen-bond donors (Lipinski definition) is 1. The molecule has 30 heavy (non-hydrogen) atoms. The Hall–Kier alpha value is -2.38. The van der Waals surface area contributed by atoms with Crippen LogP contribution in [0, 0.1) is 17.8 Å². The van der Waals surface area contributed by atoms with Gasteiger partial charge in [-0.1, -0.05) is 18.2 Å². The molecule has 1 N–H and O–H groups in total. The molecule has 1 amide bonds. The molecule has 7 heteroatoms. The Bertz CT molecular complexity index is 850. The molecule has 0 spiro atoms. The molecule has 0 aliphatic carbocycles. The summed E-state index contributed by atoms with van der Waals surface area (Å²) in [5.74, 6) is 1.89. The van der Waals surface area contributed by atoms with Crippen molar-refractivity contribution in [2.45, 2.75) is 25.4 Å². The zero-order valence-corrected chi connectivity index (χ0v) is 17.3. The van der Waals surface area contributed by atoms with E-state index in [0.717, 1.165) is 51.4 Å². The van der Waals surface area contributed by atoms with Gasteiger partial charge in [-0.15, -0.1) is 0 Å². The second kappa shape index (κ2) is 8.78. The average Bonchev–Trinajstić information content (AvgIpc) is 3.43. The van der Waals surface area contributed by atoms with Gasteiger partial charge in [-0.25, -0.2) is 4.98 Å². The highest BCUT2D eigenvalue weighted by Crippen LogP contribution is 2.47. The third kappa shape index (κ3) is 3.96. The van der Waals surface area contributed by atoms with Crippen molar-refractivity contribution in [2.24, 2.45) is 17.8 Å². The molecule has 3 atom stereocenters. The molecule has 0 radical (unpaired) electrons. The zero-order chi connectivity index (χ0) is 20.3. The van der Waals surface area contributed by atoms with Crippen LogP contribution in [-0.2, 0) is 16.1 Å². The van der Waals surface area contributed by atoms with Crippen LogP contribution in [0.25, 0.3) is 0 Å². The van der Waals surface area contributed by atoms with Crippen molar-refractivity contribution in [1.82, 2.24) is 19.8 Å². The van der Waals surface area contributed by atoms with E-state index in [1.54, 1.807) is 12.5 Å². The fourth-order valence-corrected chi connectivity index (χ4v) is 5.25. The summed E-state index contributed by atoms with van der Waals surface area (Å²) in [4.78, 5) is 19.7. The molecule has 2 saturated heterocycles. The van der Waals surface area contributed by atoms with Crippen LogP contribution in [-0.4, -0.2) is 59.8 Å². The fourth-order valence-electron chi connectivity index (χ4n) is 5.25. The standard InChI is InChI=1S/C23H30N4O3/c28-23(25-8-10-26-9-7-24-16-26)19-14-27(13-17-5-11-29-12-6-17)22-18-3-1-2-4-21(18)30-15-20(19)22/h1-4,7,9,16-17,19-20,22H,5-6,8,10-15H2,(H,25,28)/t19-,20+,22+/m1/s1. The number of benzene rings is 1. The molecule has 4 heterocycles. The number of nitrogens with one attached hydrogen (secondary N) is 1. The normalized spacial score (nSPS) is 26.6. The number of fused-ring (bicyclic) bond motifs is 3. The van der Waals surface area contributed by atoms with Gasteiger partial charge in [-0.2, -0.15) is 0 Å². The van der Waals surface area contributed by atoms with Gasteiger partial charge in [-0.05, 0) is 24.8 Å². The van der Waals surface area contributed by atoms with Crippen LogP contribution in [0.2, 0.25) is 0 Å². The average molecular weight is 411 g/mol. The predicted octanol–water partition coefficient (Wildman–Crippen LogP) is 2.11. The van der Waals surface area contributed by atoms with E-state index < -0.39 is 0 Å². The van der Waals surface area contributed by atoms with Crippen molar-refractivity contribution < 1.29 is 14.3 Å². The molecular formula is C23H30N4O3. The number of likely N-dealkylation sites (tertiary alicyclic amines) is 1. The number of nitrogens with zero attached hydrogens (tertiary/aromatic N) is 3. The number of carbonyl (C=O) groups is 1. The maximum absolute atomic E-state index is 13.1. The third-order valence-electron chi connectivity index (χ3n) is 6.81. The topological polar surface area (TPSA) is 68.6 Å². The van der Waals surface area contributed by atoms with Gasteiger partial charge in [0.05, 0.1) is 18.9 Å². The maximum atomic E-state index is 13.1. The van der Waals surface area contributed by atoms with E-state index in [9.17, 15) is 4.79 Å². The number of amides is 1. The van der Waals surface area contributed by atoms with Crippen LogP contribution >= 0.6 is 0 Å². The monoisotopic (exact) mass is 410 g/mol.